The van der Waals surface area contributed by atoms with E-state index in [1.807, 2.05) is 0 Å². The minimum Gasteiger partial charge on any atom is -0.358 e. The average Bonchev–Trinajstić information content (AvgIpc) is 2.76. The van der Waals surface area contributed by atoms with E-state index in [0.717, 1.165) is 17.0 Å². The van der Waals surface area contributed by atoms with Gasteiger partial charge in [-0.15, -0.1) is 0 Å². The van der Waals surface area contributed by atoms with Crippen LogP contribution in [0, 0.1) is 10.1 Å². The predicted molar refractivity (Wildman–Crippen MR) is 67.6 cm³/mol. The molecule has 130 valence electrons. The first-order chi connectivity index (χ1) is 10.4. The van der Waals surface area contributed by atoms with Gasteiger partial charge in [0, 0.05) is 0 Å². The zero-order chi connectivity index (χ0) is 17.8. The van der Waals surface area contributed by atoms with Gasteiger partial charge in [-0.2, -0.15) is 21.6 Å². The molecule has 1 N–H and O–H groups in total. The third-order valence-electron chi connectivity index (χ3n) is 2.24. The van der Waals surface area contributed by atoms with Crippen LogP contribution in [0.25, 0.3) is 0 Å². The Bertz CT molecular complexity index is 699. The Balaban J connectivity index is 2.86. The fourth-order valence-electron chi connectivity index (χ4n) is 1.35. The van der Waals surface area contributed by atoms with E-state index in [1.165, 1.54) is 0 Å². The first kappa shape index (κ1) is 18.8. The molecule has 14 heteroatoms. The molecule has 23 heavy (non-hydrogen) atoms. The van der Waals surface area contributed by atoms with Gasteiger partial charge >= 0.3 is 12.0 Å². The van der Waals surface area contributed by atoms with E-state index in [4.69, 9.17) is 0 Å². The molecule has 1 heterocycles. The summed E-state index contributed by atoms with van der Waals surface area (Å²) in [6.07, 6.45) is -3.10. The zero-order valence-corrected chi connectivity index (χ0v) is 12.3. The fourth-order valence-corrected chi connectivity index (χ4v) is 1.67. The molecule has 0 saturated carbocycles. The molecule has 1 rings (SSSR count). The second-order valence-corrected chi connectivity index (χ2v) is 5.90. The van der Waals surface area contributed by atoms with Gasteiger partial charge in [0.05, 0.1) is 6.26 Å². The molecule has 0 fully saturated rings. The maximum absolute atomic E-state index is 12.0. The Labute approximate surface area is 127 Å². The number of nitrogens with one attached hydrogen (secondary N) is 1. The summed E-state index contributed by atoms with van der Waals surface area (Å²) < 4.78 is 63.0. The molecular weight excluding hydrogens is 349 g/mol. The highest BCUT2D eigenvalue weighted by atomic mass is 32.2. The van der Waals surface area contributed by atoms with Crippen molar-refractivity contribution < 1.29 is 35.5 Å². The smallest absolute Gasteiger partial charge is 0.358 e. The molecule has 0 radical (unpaired) electrons. The SMILES string of the molecule is CS(=O)(=O)OCc1nc([N+](=O)[O-])cn1CC(=O)NCC(F)(F)F. The van der Waals surface area contributed by atoms with Crippen LogP contribution in [-0.2, 0) is 32.2 Å². The van der Waals surface area contributed by atoms with Crippen molar-refractivity contribution in [2.24, 2.45) is 0 Å². The summed E-state index contributed by atoms with van der Waals surface area (Å²) in [4.78, 5) is 24.6. The Hall–Kier alpha value is -2.22. The van der Waals surface area contributed by atoms with Gasteiger partial charge in [0.2, 0.25) is 5.91 Å². The van der Waals surface area contributed by atoms with Crippen LogP contribution in [0.15, 0.2) is 6.20 Å². The number of hydrogen-bond donors (Lipinski definition) is 1. The van der Waals surface area contributed by atoms with Crippen LogP contribution in [0.1, 0.15) is 5.82 Å². The third kappa shape index (κ3) is 7.05. The number of alkyl halides is 3. The third-order valence-corrected chi connectivity index (χ3v) is 2.78. The van der Waals surface area contributed by atoms with Crippen LogP contribution in [0.2, 0.25) is 0 Å². The van der Waals surface area contributed by atoms with Gasteiger partial charge in [-0.25, -0.2) is 0 Å². The number of rotatable bonds is 7. The lowest BCUT2D eigenvalue weighted by atomic mass is 10.5. The topological polar surface area (TPSA) is 133 Å². The highest BCUT2D eigenvalue weighted by Gasteiger charge is 2.28. The molecule has 0 aliphatic heterocycles. The highest BCUT2D eigenvalue weighted by molar-refractivity contribution is 7.85. The Morgan fingerprint density at radius 1 is 1.52 bits per heavy atom. The molecule has 0 aromatic carbocycles. The molecule has 1 aromatic rings. The van der Waals surface area contributed by atoms with Gasteiger partial charge in [0.15, 0.2) is 0 Å². The number of imidazole rings is 1. The van der Waals surface area contributed by atoms with Crippen LogP contribution in [0.3, 0.4) is 0 Å². The molecular formula is C9H11F3N4O6S. The molecule has 0 saturated heterocycles. The van der Waals surface area contributed by atoms with Crippen molar-refractivity contribution in [3.63, 3.8) is 0 Å². The van der Waals surface area contributed by atoms with Crippen LogP contribution >= 0.6 is 0 Å². The standard InChI is InChI=1S/C9H11F3N4O6S/c1-23(20,21)22-4-7-14-6(16(18)19)2-15(7)3-8(17)13-5-9(10,11)12/h2H,3-5H2,1H3,(H,13,17). The fraction of sp³-hybridized carbons (Fsp3) is 0.556. The number of nitrogens with zero attached hydrogens (tertiary/aromatic N) is 3. The molecule has 0 spiro atoms. The summed E-state index contributed by atoms with van der Waals surface area (Å²) >= 11 is 0. The lowest BCUT2D eigenvalue weighted by Gasteiger charge is -2.09. The number of halogens is 3. The zero-order valence-electron chi connectivity index (χ0n) is 11.5. The first-order valence-electron chi connectivity index (χ1n) is 5.75. The van der Waals surface area contributed by atoms with E-state index in [1.54, 1.807) is 5.32 Å². The summed E-state index contributed by atoms with van der Waals surface area (Å²) in [5.74, 6) is -2.10. The van der Waals surface area contributed by atoms with Crippen LogP contribution in [-0.4, -0.2) is 47.8 Å². The molecule has 1 aromatic heterocycles. The van der Waals surface area contributed by atoms with E-state index < -0.39 is 52.6 Å². The largest absolute Gasteiger partial charge is 0.405 e. The Kier molecular flexibility index (Phi) is 5.65. The molecule has 1 amide bonds. The molecule has 0 atom stereocenters. The van der Waals surface area contributed by atoms with Crippen LogP contribution in [0.4, 0.5) is 19.0 Å². The quantitative estimate of drug-likeness (QED) is 0.409. The van der Waals surface area contributed by atoms with Gasteiger partial charge in [0.25, 0.3) is 15.9 Å². The van der Waals surface area contributed by atoms with Crippen molar-refractivity contribution in [3.05, 3.63) is 22.1 Å². The van der Waals surface area contributed by atoms with Gasteiger partial charge in [-0.05, 0) is 9.91 Å². The average molecular weight is 360 g/mol. The molecule has 0 aliphatic rings. The van der Waals surface area contributed by atoms with Crippen molar-refractivity contribution in [1.29, 1.82) is 0 Å². The summed E-state index contributed by atoms with van der Waals surface area (Å²) in [6.45, 7) is -3.00. The first-order valence-corrected chi connectivity index (χ1v) is 7.57. The summed E-state index contributed by atoms with van der Waals surface area (Å²) in [5.41, 5.74) is 0. The minimum atomic E-state index is -4.61. The van der Waals surface area contributed by atoms with E-state index >= 15 is 0 Å². The van der Waals surface area contributed by atoms with Crippen molar-refractivity contribution in [2.45, 2.75) is 19.3 Å². The Morgan fingerprint density at radius 3 is 2.61 bits per heavy atom. The Morgan fingerprint density at radius 2 is 2.13 bits per heavy atom. The van der Waals surface area contributed by atoms with Crippen LogP contribution in [0.5, 0.6) is 0 Å². The van der Waals surface area contributed by atoms with Crippen LogP contribution < -0.4 is 5.32 Å². The predicted octanol–water partition coefficient (Wildman–Crippen LogP) is -0.0540. The molecule has 0 aliphatic carbocycles. The van der Waals surface area contributed by atoms with Gasteiger partial charge in [0.1, 0.15) is 25.9 Å². The summed E-state index contributed by atoms with van der Waals surface area (Å²) in [5, 5.41) is 12.2. The minimum absolute atomic E-state index is 0.302. The maximum atomic E-state index is 12.0. The molecule has 0 bridgehead atoms. The van der Waals surface area contributed by atoms with Gasteiger partial charge in [-0.3, -0.25) is 13.5 Å². The second-order valence-electron chi connectivity index (χ2n) is 4.26. The highest BCUT2D eigenvalue weighted by Crippen LogP contribution is 2.14. The number of hydrogen-bond acceptors (Lipinski definition) is 7. The lowest BCUT2D eigenvalue weighted by molar-refractivity contribution is -0.389. The van der Waals surface area contributed by atoms with Crippen molar-refractivity contribution in [1.82, 2.24) is 14.9 Å². The van der Waals surface area contributed by atoms with Gasteiger partial charge in [-0.1, -0.05) is 0 Å². The number of carbonyl (C=O) groups excluding carboxylic acids is 1. The monoisotopic (exact) mass is 360 g/mol. The summed E-state index contributed by atoms with van der Waals surface area (Å²) in [6, 6.07) is 0. The van der Waals surface area contributed by atoms with E-state index in [2.05, 4.69) is 9.17 Å². The van der Waals surface area contributed by atoms with Crippen molar-refractivity contribution >= 4 is 21.8 Å². The lowest BCUT2D eigenvalue weighted by Crippen LogP contribution is -2.36. The van der Waals surface area contributed by atoms with E-state index in [0.29, 0.717) is 0 Å². The number of amides is 1. The normalized spacial score (nSPS) is 12.2. The van der Waals surface area contributed by atoms with E-state index in [9.17, 15) is 36.5 Å². The molecule has 10 nitrogen and oxygen atoms in total. The number of nitro groups is 1. The van der Waals surface area contributed by atoms with E-state index in [-0.39, 0.29) is 5.82 Å². The second kappa shape index (κ2) is 6.91. The number of carbonyl (C=O) groups is 1. The maximum Gasteiger partial charge on any atom is 0.405 e. The van der Waals surface area contributed by atoms with Gasteiger partial charge < -0.3 is 15.4 Å². The van der Waals surface area contributed by atoms with Crippen molar-refractivity contribution in [3.8, 4) is 0 Å². The number of aromatic nitrogens is 2. The molecule has 0 unspecified atom stereocenters. The van der Waals surface area contributed by atoms with Crippen molar-refractivity contribution in [2.75, 3.05) is 12.8 Å². The summed E-state index contributed by atoms with van der Waals surface area (Å²) in [7, 11) is -3.88.